The van der Waals surface area contributed by atoms with Crippen LogP contribution in [0, 0.1) is 12.7 Å². The first kappa shape index (κ1) is 22.4. The number of rotatable bonds is 6. The molecule has 10 heteroatoms. The van der Waals surface area contributed by atoms with Gasteiger partial charge in [-0.1, -0.05) is 12.1 Å². The Kier molecular flexibility index (Phi) is 6.27. The predicted octanol–water partition coefficient (Wildman–Crippen LogP) is 4.06. The minimum absolute atomic E-state index is 0.156. The van der Waals surface area contributed by atoms with Gasteiger partial charge in [0.1, 0.15) is 22.5 Å². The van der Waals surface area contributed by atoms with Gasteiger partial charge in [0.2, 0.25) is 15.9 Å². The van der Waals surface area contributed by atoms with Crippen LogP contribution in [0.25, 0.3) is 11.3 Å². The zero-order valence-corrected chi connectivity index (χ0v) is 19.2. The Morgan fingerprint density at radius 2 is 1.94 bits per heavy atom. The fourth-order valence-electron chi connectivity index (χ4n) is 3.73. The van der Waals surface area contributed by atoms with Crippen molar-refractivity contribution in [2.75, 3.05) is 19.0 Å². The monoisotopic (exact) mass is 475 g/mol. The number of nitrogens with zero attached hydrogens (tertiary/aromatic N) is 2. The van der Waals surface area contributed by atoms with E-state index in [4.69, 9.17) is 4.74 Å². The number of hydrogen-bond donors (Lipinski definition) is 1. The van der Waals surface area contributed by atoms with Crippen LogP contribution in [0.4, 0.5) is 9.52 Å². The summed E-state index contributed by atoms with van der Waals surface area (Å²) in [5.74, 6) is -0.580. The van der Waals surface area contributed by atoms with Crippen LogP contribution in [0.1, 0.15) is 17.7 Å². The molecule has 0 bridgehead atoms. The molecule has 1 amide bonds. The number of hydrogen-bond acceptors (Lipinski definition) is 6. The minimum atomic E-state index is -4.14. The normalized spacial score (nSPS) is 16.8. The Balaban J connectivity index is 1.54. The smallest absolute Gasteiger partial charge is 0.246 e. The lowest BCUT2D eigenvalue weighted by atomic mass is 10.1. The summed E-state index contributed by atoms with van der Waals surface area (Å²) < 4.78 is 46.4. The molecule has 2 aromatic carbocycles. The molecule has 0 spiro atoms. The van der Waals surface area contributed by atoms with Crippen LogP contribution < -0.4 is 10.1 Å². The fraction of sp³-hybridized carbons (Fsp3) is 0.273. The number of halogens is 1. The summed E-state index contributed by atoms with van der Waals surface area (Å²) in [6, 6.07) is 11.7. The summed E-state index contributed by atoms with van der Waals surface area (Å²) in [6.07, 6.45) is 0.870. The van der Waals surface area contributed by atoms with E-state index in [1.54, 1.807) is 7.11 Å². The van der Waals surface area contributed by atoms with Crippen molar-refractivity contribution in [3.05, 3.63) is 59.2 Å². The van der Waals surface area contributed by atoms with Gasteiger partial charge < -0.3 is 10.1 Å². The molecule has 1 unspecified atom stereocenters. The van der Waals surface area contributed by atoms with Crippen molar-refractivity contribution in [1.82, 2.24) is 9.29 Å². The van der Waals surface area contributed by atoms with E-state index in [0.717, 1.165) is 32.3 Å². The molecule has 2 heterocycles. The molecule has 0 saturated carbocycles. The van der Waals surface area contributed by atoms with Crippen molar-refractivity contribution < 1.29 is 22.3 Å². The Morgan fingerprint density at radius 1 is 1.22 bits per heavy atom. The van der Waals surface area contributed by atoms with Crippen molar-refractivity contribution in [3.8, 4) is 17.0 Å². The molecule has 168 valence electrons. The van der Waals surface area contributed by atoms with E-state index in [9.17, 15) is 17.6 Å². The number of carbonyl (C=O) groups is 1. The molecule has 1 aromatic heterocycles. The Labute approximate surface area is 189 Å². The maximum atomic E-state index is 14.1. The molecule has 1 aliphatic rings. The summed E-state index contributed by atoms with van der Waals surface area (Å²) in [4.78, 5) is 18.0. The highest BCUT2D eigenvalue weighted by Gasteiger charge is 2.40. The second kappa shape index (κ2) is 8.97. The SMILES string of the molecule is COc1ccc(-c2nc(NC(=O)C3CCCN3S(=O)(=O)c3ccccc3F)sc2C)cc1. The maximum Gasteiger partial charge on any atom is 0.246 e. The molecular weight excluding hydrogens is 453 g/mol. The second-order valence-electron chi connectivity index (χ2n) is 7.35. The highest BCUT2D eigenvalue weighted by atomic mass is 32.2. The molecule has 0 radical (unpaired) electrons. The van der Waals surface area contributed by atoms with E-state index in [1.807, 2.05) is 31.2 Å². The van der Waals surface area contributed by atoms with Crippen LogP contribution >= 0.6 is 11.3 Å². The lowest BCUT2D eigenvalue weighted by Gasteiger charge is -2.23. The molecule has 32 heavy (non-hydrogen) atoms. The number of anilines is 1. The number of thiazole rings is 1. The number of sulfonamides is 1. The summed E-state index contributed by atoms with van der Waals surface area (Å²) in [6.45, 7) is 2.06. The Morgan fingerprint density at radius 3 is 2.62 bits per heavy atom. The molecule has 1 aliphatic heterocycles. The topological polar surface area (TPSA) is 88.6 Å². The predicted molar refractivity (Wildman–Crippen MR) is 121 cm³/mol. The number of nitrogens with one attached hydrogen (secondary N) is 1. The van der Waals surface area contributed by atoms with Gasteiger partial charge in [-0.15, -0.1) is 11.3 Å². The van der Waals surface area contributed by atoms with Gasteiger partial charge in [0.05, 0.1) is 12.8 Å². The van der Waals surface area contributed by atoms with Gasteiger partial charge in [-0.05, 0) is 56.2 Å². The third-order valence-corrected chi connectivity index (χ3v) is 8.15. The third-order valence-electron chi connectivity index (χ3n) is 5.32. The summed E-state index contributed by atoms with van der Waals surface area (Å²) >= 11 is 1.31. The maximum absolute atomic E-state index is 14.1. The van der Waals surface area contributed by atoms with Crippen LogP contribution in [0.2, 0.25) is 0 Å². The number of benzene rings is 2. The molecule has 1 saturated heterocycles. The number of carbonyl (C=O) groups excluding carboxylic acids is 1. The number of aromatic nitrogens is 1. The molecule has 1 atom stereocenters. The molecule has 3 aromatic rings. The zero-order chi connectivity index (χ0) is 22.9. The van der Waals surface area contributed by atoms with Gasteiger partial charge in [0.25, 0.3) is 0 Å². The van der Waals surface area contributed by atoms with E-state index in [2.05, 4.69) is 10.3 Å². The standard InChI is InChI=1S/C22H22FN3O4S2/c1-14-20(15-9-11-16(30-2)12-10-15)24-22(31-14)25-21(27)18-7-5-13-26(18)32(28,29)19-8-4-3-6-17(19)23/h3-4,6,8-12,18H,5,7,13H2,1-2H3,(H,24,25,27). The van der Waals surface area contributed by atoms with E-state index in [1.165, 1.54) is 29.5 Å². The Bertz CT molecular complexity index is 1240. The van der Waals surface area contributed by atoms with Crippen LogP contribution in [0.15, 0.2) is 53.4 Å². The first-order valence-corrected chi connectivity index (χ1v) is 12.3. The van der Waals surface area contributed by atoms with Gasteiger partial charge in [0.15, 0.2) is 5.13 Å². The van der Waals surface area contributed by atoms with E-state index >= 15 is 0 Å². The number of methoxy groups -OCH3 is 1. The minimum Gasteiger partial charge on any atom is -0.497 e. The van der Waals surface area contributed by atoms with Gasteiger partial charge in [-0.3, -0.25) is 4.79 Å². The average molecular weight is 476 g/mol. The molecule has 4 rings (SSSR count). The van der Waals surface area contributed by atoms with Crippen molar-refractivity contribution in [2.24, 2.45) is 0 Å². The molecule has 1 fully saturated rings. The van der Waals surface area contributed by atoms with Crippen molar-refractivity contribution >= 4 is 32.4 Å². The van der Waals surface area contributed by atoms with E-state index < -0.39 is 32.7 Å². The first-order valence-electron chi connectivity index (χ1n) is 10.0. The van der Waals surface area contributed by atoms with Crippen LogP contribution in [-0.4, -0.2) is 43.3 Å². The average Bonchev–Trinajstić information content (AvgIpc) is 3.41. The number of ether oxygens (including phenoxy) is 1. The lowest BCUT2D eigenvalue weighted by molar-refractivity contribution is -0.119. The van der Waals surface area contributed by atoms with Crippen molar-refractivity contribution in [3.63, 3.8) is 0 Å². The largest absolute Gasteiger partial charge is 0.497 e. The van der Waals surface area contributed by atoms with E-state index in [0.29, 0.717) is 18.0 Å². The third kappa shape index (κ3) is 4.25. The summed E-state index contributed by atoms with van der Waals surface area (Å²) in [7, 11) is -2.55. The van der Waals surface area contributed by atoms with Gasteiger partial charge in [-0.25, -0.2) is 17.8 Å². The Hall–Kier alpha value is -2.82. The number of amides is 1. The quantitative estimate of drug-likeness (QED) is 0.581. The van der Waals surface area contributed by atoms with Gasteiger partial charge >= 0.3 is 0 Å². The molecule has 7 nitrogen and oxygen atoms in total. The molecule has 1 N–H and O–H groups in total. The fourth-order valence-corrected chi connectivity index (χ4v) is 6.29. The van der Waals surface area contributed by atoms with Gasteiger partial charge in [-0.2, -0.15) is 4.31 Å². The number of aryl methyl sites for hydroxylation is 1. The molecule has 0 aliphatic carbocycles. The molecular formula is C22H22FN3O4S2. The second-order valence-corrected chi connectivity index (χ2v) is 10.4. The van der Waals surface area contributed by atoms with Crippen LogP contribution in [0.5, 0.6) is 5.75 Å². The summed E-state index contributed by atoms with van der Waals surface area (Å²) in [5, 5.41) is 3.13. The van der Waals surface area contributed by atoms with Gasteiger partial charge in [0, 0.05) is 17.0 Å². The highest BCUT2D eigenvalue weighted by Crippen LogP contribution is 2.33. The van der Waals surface area contributed by atoms with Crippen LogP contribution in [-0.2, 0) is 14.8 Å². The highest BCUT2D eigenvalue weighted by molar-refractivity contribution is 7.89. The zero-order valence-electron chi connectivity index (χ0n) is 17.5. The summed E-state index contributed by atoms with van der Waals surface area (Å²) in [5.41, 5.74) is 1.61. The van der Waals surface area contributed by atoms with Crippen molar-refractivity contribution in [1.29, 1.82) is 0 Å². The van der Waals surface area contributed by atoms with Crippen LogP contribution in [0.3, 0.4) is 0 Å². The lowest BCUT2D eigenvalue weighted by Crippen LogP contribution is -2.43. The van der Waals surface area contributed by atoms with E-state index in [-0.39, 0.29) is 6.54 Å². The van der Waals surface area contributed by atoms with Crippen molar-refractivity contribution in [2.45, 2.75) is 30.7 Å². The first-order chi connectivity index (χ1) is 15.3.